The number of halogens is 2. The molecule has 0 spiro atoms. The Morgan fingerprint density at radius 2 is 1.94 bits per heavy atom. The molecule has 0 heterocycles. The molecule has 0 aliphatic heterocycles. The molecule has 3 rings (SSSR count). The van der Waals surface area contributed by atoms with E-state index in [1.165, 1.54) is 0 Å². The number of carbonyl (C=O) groups is 1. The molecular weight excluding hydrogens is 476 g/mol. The molecule has 0 radical (unpaired) electrons. The number of carbonyl (C=O) groups excluding carboxylic acids is 1. The molecule has 0 aliphatic rings. The Balaban J connectivity index is 1.96. The SMILES string of the molecule is COc1ccc(/C=C(\C#N)C(=O)Nc2cccc(Cl)c2C)c(Cc2ccccc2Br)c1. The first-order valence-corrected chi connectivity index (χ1v) is 10.7. The third kappa shape index (κ3) is 5.55. The van der Waals surface area contributed by atoms with Crippen LogP contribution in [0.5, 0.6) is 5.75 Å². The number of rotatable bonds is 6. The maximum absolute atomic E-state index is 12.8. The standard InChI is InChI=1S/C25H20BrClN2O2/c1-16-23(27)8-5-9-24(16)29-25(30)20(15-28)12-17-10-11-21(31-2)14-19(17)13-18-6-3-4-7-22(18)26/h3-12,14H,13H2,1-2H3,(H,29,30)/b20-12+. The van der Waals surface area contributed by atoms with Gasteiger partial charge in [0.15, 0.2) is 0 Å². The van der Waals surface area contributed by atoms with Crippen LogP contribution >= 0.6 is 27.5 Å². The van der Waals surface area contributed by atoms with Crippen molar-refractivity contribution in [3.63, 3.8) is 0 Å². The summed E-state index contributed by atoms with van der Waals surface area (Å²) in [7, 11) is 1.61. The summed E-state index contributed by atoms with van der Waals surface area (Å²) in [6.45, 7) is 1.81. The summed E-state index contributed by atoms with van der Waals surface area (Å²) in [6, 6.07) is 20.8. The summed E-state index contributed by atoms with van der Waals surface area (Å²) in [5.41, 5.74) is 4.10. The number of nitrogens with one attached hydrogen (secondary N) is 1. The average molecular weight is 496 g/mol. The monoisotopic (exact) mass is 494 g/mol. The van der Waals surface area contributed by atoms with E-state index in [1.807, 2.05) is 55.5 Å². The zero-order valence-electron chi connectivity index (χ0n) is 17.1. The van der Waals surface area contributed by atoms with Gasteiger partial charge >= 0.3 is 0 Å². The van der Waals surface area contributed by atoms with Gasteiger partial charge in [0.25, 0.3) is 5.91 Å². The van der Waals surface area contributed by atoms with Crippen molar-refractivity contribution >= 4 is 45.2 Å². The molecule has 0 aromatic heterocycles. The van der Waals surface area contributed by atoms with E-state index in [0.29, 0.717) is 22.9 Å². The van der Waals surface area contributed by atoms with Crippen molar-refractivity contribution in [3.8, 4) is 11.8 Å². The number of nitrogens with zero attached hydrogens (tertiary/aromatic N) is 1. The highest BCUT2D eigenvalue weighted by Crippen LogP contribution is 2.27. The zero-order chi connectivity index (χ0) is 22.4. The molecule has 0 fully saturated rings. The van der Waals surface area contributed by atoms with E-state index in [0.717, 1.165) is 26.7 Å². The van der Waals surface area contributed by atoms with Gasteiger partial charge in [-0.15, -0.1) is 0 Å². The van der Waals surface area contributed by atoms with Crippen molar-refractivity contribution in [3.05, 3.63) is 98.0 Å². The van der Waals surface area contributed by atoms with Crippen LogP contribution in [0.4, 0.5) is 5.69 Å². The van der Waals surface area contributed by atoms with Gasteiger partial charge in [-0.2, -0.15) is 5.26 Å². The van der Waals surface area contributed by atoms with Crippen LogP contribution in [0, 0.1) is 18.3 Å². The van der Waals surface area contributed by atoms with Gasteiger partial charge in [-0.1, -0.05) is 57.9 Å². The maximum atomic E-state index is 12.8. The van der Waals surface area contributed by atoms with Gasteiger partial charge < -0.3 is 10.1 Å². The zero-order valence-corrected chi connectivity index (χ0v) is 19.4. The topological polar surface area (TPSA) is 62.1 Å². The molecule has 6 heteroatoms. The molecule has 4 nitrogen and oxygen atoms in total. The Bertz CT molecular complexity index is 1200. The summed E-state index contributed by atoms with van der Waals surface area (Å²) >= 11 is 9.71. The molecule has 156 valence electrons. The minimum absolute atomic E-state index is 0.00193. The molecule has 0 aliphatic carbocycles. The van der Waals surface area contributed by atoms with Crippen molar-refractivity contribution in [2.45, 2.75) is 13.3 Å². The number of amides is 1. The highest BCUT2D eigenvalue weighted by atomic mass is 79.9. The van der Waals surface area contributed by atoms with Crippen molar-refractivity contribution in [2.24, 2.45) is 0 Å². The molecule has 0 unspecified atom stereocenters. The molecule has 0 saturated carbocycles. The Kier molecular flexibility index (Phi) is 7.51. The van der Waals surface area contributed by atoms with Gasteiger partial charge in [0, 0.05) is 15.2 Å². The molecule has 0 atom stereocenters. The summed E-state index contributed by atoms with van der Waals surface area (Å²) in [5.74, 6) is 0.215. The number of ether oxygens (including phenoxy) is 1. The Hall–Kier alpha value is -3.07. The van der Waals surface area contributed by atoms with Crippen LogP contribution < -0.4 is 10.1 Å². The summed E-state index contributed by atoms with van der Waals surface area (Å²) in [5, 5.41) is 13.0. The normalized spacial score (nSPS) is 11.0. The van der Waals surface area contributed by atoms with Gasteiger partial charge in [0.2, 0.25) is 0 Å². The fourth-order valence-corrected chi connectivity index (χ4v) is 3.69. The van der Waals surface area contributed by atoms with Crippen molar-refractivity contribution in [1.82, 2.24) is 0 Å². The fourth-order valence-electron chi connectivity index (χ4n) is 3.09. The molecule has 31 heavy (non-hydrogen) atoms. The minimum Gasteiger partial charge on any atom is -0.497 e. The number of methoxy groups -OCH3 is 1. The Labute approximate surface area is 195 Å². The van der Waals surface area contributed by atoms with E-state index in [4.69, 9.17) is 16.3 Å². The minimum atomic E-state index is -0.490. The fraction of sp³-hybridized carbons (Fsp3) is 0.120. The van der Waals surface area contributed by atoms with Crippen LogP contribution in [0.1, 0.15) is 22.3 Å². The summed E-state index contributed by atoms with van der Waals surface area (Å²) in [6.07, 6.45) is 2.21. The van der Waals surface area contributed by atoms with E-state index >= 15 is 0 Å². The number of anilines is 1. The lowest BCUT2D eigenvalue weighted by atomic mass is 9.97. The van der Waals surface area contributed by atoms with Crippen LogP contribution in [-0.4, -0.2) is 13.0 Å². The second-order valence-corrected chi connectivity index (χ2v) is 8.13. The molecule has 0 saturated heterocycles. The van der Waals surface area contributed by atoms with E-state index in [-0.39, 0.29) is 5.57 Å². The second kappa shape index (κ2) is 10.3. The lowest BCUT2D eigenvalue weighted by Crippen LogP contribution is -2.14. The number of hydrogen-bond donors (Lipinski definition) is 1. The van der Waals surface area contributed by atoms with Gasteiger partial charge in [-0.05, 0) is 72.0 Å². The third-order valence-electron chi connectivity index (χ3n) is 4.87. The Morgan fingerprint density at radius 3 is 2.65 bits per heavy atom. The third-order valence-corrected chi connectivity index (χ3v) is 6.05. The molecule has 3 aromatic carbocycles. The number of nitriles is 1. The summed E-state index contributed by atoms with van der Waals surface area (Å²) in [4.78, 5) is 12.8. The van der Waals surface area contributed by atoms with E-state index in [1.54, 1.807) is 31.4 Å². The summed E-state index contributed by atoms with van der Waals surface area (Å²) < 4.78 is 6.36. The molecule has 1 N–H and O–H groups in total. The van der Waals surface area contributed by atoms with Crippen LogP contribution in [0.15, 0.2) is 70.7 Å². The number of hydrogen-bond acceptors (Lipinski definition) is 3. The lowest BCUT2D eigenvalue weighted by Gasteiger charge is -2.12. The first-order chi connectivity index (χ1) is 14.9. The highest BCUT2D eigenvalue weighted by molar-refractivity contribution is 9.10. The van der Waals surface area contributed by atoms with Crippen molar-refractivity contribution in [2.75, 3.05) is 12.4 Å². The first-order valence-electron chi connectivity index (χ1n) is 9.51. The van der Waals surface area contributed by atoms with E-state index in [2.05, 4.69) is 21.2 Å². The van der Waals surface area contributed by atoms with Crippen molar-refractivity contribution < 1.29 is 9.53 Å². The highest BCUT2D eigenvalue weighted by Gasteiger charge is 2.14. The lowest BCUT2D eigenvalue weighted by molar-refractivity contribution is -0.112. The van der Waals surface area contributed by atoms with Crippen LogP contribution in [0.3, 0.4) is 0 Å². The average Bonchev–Trinajstić information content (AvgIpc) is 2.77. The van der Waals surface area contributed by atoms with E-state index < -0.39 is 5.91 Å². The molecule has 3 aromatic rings. The molecule has 1 amide bonds. The predicted octanol–water partition coefficient (Wildman–Crippen LogP) is 6.56. The van der Waals surface area contributed by atoms with E-state index in [9.17, 15) is 10.1 Å². The molecule has 0 bridgehead atoms. The van der Waals surface area contributed by atoms with Gasteiger partial charge in [0.1, 0.15) is 17.4 Å². The quantitative estimate of drug-likeness (QED) is 0.311. The van der Waals surface area contributed by atoms with Gasteiger partial charge in [-0.3, -0.25) is 4.79 Å². The largest absolute Gasteiger partial charge is 0.497 e. The van der Waals surface area contributed by atoms with Crippen LogP contribution in [-0.2, 0) is 11.2 Å². The second-order valence-electron chi connectivity index (χ2n) is 6.87. The molecular formula is C25H20BrClN2O2. The predicted molar refractivity (Wildman–Crippen MR) is 128 cm³/mol. The van der Waals surface area contributed by atoms with Crippen LogP contribution in [0.2, 0.25) is 5.02 Å². The smallest absolute Gasteiger partial charge is 0.266 e. The maximum Gasteiger partial charge on any atom is 0.266 e. The first kappa shape index (κ1) is 22.6. The number of benzene rings is 3. The van der Waals surface area contributed by atoms with Gasteiger partial charge in [-0.25, -0.2) is 0 Å². The Morgan fingerprint density at radius 1 is 1.16 bits per heavy atom. The van der Waals surface area contributed by atoms with Crippen molar-refractivity contribution in [1.29, 1.82) is 5.26 Å². The van der Waals surface area contributed by atoms with Gasteiger partial charge in [0.05, 0.1) is 7.11 Å². The van der Waals surface area contributed by atoms with Crippen LogP contribution in [0.25, 0.3) is 6.08 Å².